The fourth-order valence-corrected chi connectivity index (χ4v) is 5.07. The van der Waals surface area contributed by atoms with Gasteiger partial charge >= 0.3 is 0 Å². The van der Waals surface area contributed by atoms with Crippen LogP contribution < -0.4 is 0 Å². The first-order valence-electron chi connectivity index (χ1n) is 9.54. The Bertz CT molecular complexity index is 474. The summed E-state index contributed by atoms with van der Waals surface area (Å²) in [6, 6.07) is 0. The summed E-state index contributed by atoms with van der Waals surface area (Å²) in [6.45, 7) is 17.0. The largest absolute Gasteiger partial charge is 0.410 e. The molecule has 1 aliphatic carbocycles. The Balaban J connectivity index is 3.39. The molecule has 4 heteroatoms. The molecule has 0 aliphatic heterocycles. The summed E-state index contributed by atoms with van der Waals surface area (Å²) in [5.74, 6) is 0.458. The molecule has 0 heterocycles. The number of hydrogen-bond acceptors (Lipinski definition) is 3. The first-order valence-corrected chi connectivity index (χ1v) is 12.4. The van der Waals surface area contributed by atoms with E-state index < -0.39 is 19.3 Å². The second-order valence-corrected chi connectivity index (χ2v) is 14.3. The maximum absolute atomic E-state index is 12.9. The minimum atomic E-state index is -2.11. The predicted molar refractivity (Wildman–Crippen MR) is 103 cm³/mol. The fourth-order valence-electron chi connectivity index (χ4n) is 3.36. The molecule has 0 aromatic rings. The first-order chi connectivity index (χ1) is 10.8. The van der Waals surface area contributed by atoms with Crippen molar-refractivity contribution in [3.05, 3.63) is 0 Å². The zero-order chi connectivity index (χ0) is 18.8. The van der Waals surface area contributed by atoms with Gasteiger partial charge in [-0.1, -0.05) is 54.4 Å². The van der Waals surface area contributed by atoms with E-state index in [0.717, 1.165) is 25.7 Å². The number of hydrogen-bond donors (Lipinski definition) is 0. The Labute approximate surface area is 150 Å². The molecular formula is C20H38O3Si. The molecular weight excluding hydrogens is 316 g/mol. The van der Waals surface area contributed by atoms with Crippen LogP contribution in [0.4, 0.5) is 0 Å². The van der Waals surface area contributed by atoms with Gasteiger partial charge in [0, 0.05) is 19.3 Å². The summed E-state index contributed by atoms with van der Waals surface area (Å²) < 4.78 is 6.92. The SMILES string of the molecule is CCC(=O)CC1(O[Si](C)(C)C(C)(C)C)CCCCCC(=O)C1(C)C. The van der Waals surface area contributed by atoms with Crippen LogP contribution in [0, 0.1) is 5.41 Å². The Morgan fingerprint density at radius 2 is 1.75 bits per heavy atom. The van der Waals surface area contributed by atoms with Crippen molar-refractivity contribution in [1.29, 1.82) is 0 Å². The highest BCUT2D eigenvalue weighted by Crippen LogP contribution is 2.50. The van der Waals surface area contributed by atoms with Crippen molar-refractivity contribution in [1.82, 2.24) is 0 Å². The maximum atomic E-state index is 12.9. The third-order valence-electron chi connectivity index (χ3n) is 6.45. The van der Waals surface area contributed by atoms with E-state index in [4.69, 9.17) is 4.43 Å². The Morgan fingerprint density at radius 1 is 1.17 bits per heavy atom. The van der Waals surface area contributed by atoms with Crippen molar-refractivity contribution >= 4 is 19.9 Å². The van der Waals surface area contributed by atoms with Crippen LogP contribution >= 0.6 is 0 Å². The standard InChI is InChI=1S/C20H38O3Si/c1-9-16(21)15-20(23-24(7,8)18(2,3)4)14-12-10-11-13-17(22)19(20,5)6/h9-15H2,1-8H3. The maximum Gasteiger partial charge on any atom is 0.192 e. The molecule has 0 N–H and O–H groups in total. The summed E-state index contributed by atoms with van der Waals surface area (Å²) in [6.07, 6.45) is 5.33. The molecule has 1 unspecified atom stereocenters. The van der Waals surface area contributed by atoms with Crippen LogP contribution in [0.25, 0.3) is 0 Å². The lowest BCUT2D eigenvalue weighted by atomic mass is 9.65. The molecule has 0 spiro atoms. The van der Waals surface area contributed by atoms with E-state index in [1.54, 1.807) is 0 Å². The van der Waals surface area contributed by atoms with Gasteiger partial charge in [0.1, 0.15) is 11.6 Å². The van der Waals surface area contributed by atoms with Gasteiger partial charge in [-0.2, -0.15) is 0 Å². The van der Waals surface area contributed by atoms with Crippen molar-refractivity contribution in [3.8, 4) is 0 Å². The zero-order valence-corrected chi connectivity index (χ0v) is 18.2. The second kappa shape index (κ2) is 7.41. The molecule has 3 nitrogen and oxygen atoms in total. The summed E-state index contributed by atoms with van der Waals surface area (Å²) in [4.78, 5) is 25.4. The van der Waals surface area contributed by atoms with Gasteiger partial charge in [0.25, 0.3) is 0 Å². The van der Waals surface area contributed by atoms with E-state index in [1.165, 1.54) is 0 Å². The minimum absolute atomic E-state index is 0.0523. The molecule has 1 atom stereocenters. The summed E-state index contributed by atoms with van der Waals surface area (Å²) >= 11 is 0. The Hall–Kier alpha value is -0.483. The lowest BCUT2D eigenvalue weighted by Crippen LogP contribution is -2.59. The van der Waals surface area contributed by atoms with Crippen molar-refractivity contribution in [2.24, 2.45) is 5.41 Å². The van der Waals surface area contributed by atoms with E-state index in [2.05, 4.69) is 33.9 Å². The van der Waals surface area contributed by atoms with Gasteiger partial charge in [0.2, 0.25) is 0 Å². The summed E-state index contributed by atoms with van der Waals surface area (Å²) in [7, 11) is -2.11. The third-order valence-corrected chi connectivity index (χ3v) is 11.0. The van der Waals surface area contributed by atoms with Gasteiger partial charge in [-0.3, -0.25) is 9.59 Å². The molecule has 0 aromatic heterocycles. The fraction of sp³-hybridized carbons (Fsp3) is 0.900. The lowest BCUT2D eigenvalue weighted by molar-refractivity contribution is -0.149. The van der Waals surface area contributed by atoms with Gasteiger partial charge in [-0.15, -0.1) is 0 Å². The van der Waals surface area contributed by atoms with Gasteiger partial charge in [-0.05, 0) is 31.0 Å². The highest BCUT2D eigenvalue weighted by atomic mass is 28.4. The minimum Gasteiger partial charge on any atom is -0.410 e. The van der Waals surface area contributed by atoms with Crippen LogP contribution in [0.3, 0.4) is 0 Å². The average molecular weight is 355 g/mol. The van der Waals surface area contributed by atoms with Crippen molar-refractivity contribution < 1.29 is 14.0 Å². The molecule has 1 fully saturated rings. The van der Waals surface area contributed by atoms with Gasteiger partial charge in [0.05, 0.1) is 11.0 Å². The van der Waals surface area contributed by atoms with Crippen molar-refractivity contribution in [2.75, 3.05) is 0 Å². The molecule has 24 heavy (non-hydrogen) atoms. The molecule has 0 saturated heterocycles. The average Bonchev–Trinajstić information content (AvgIpc) is 2.43. The van der Waals surface area contributed by atoms with Crippen LogP contribution in [0.5, 0.6) is 0 Å². The Kier molecular flexibility index (Phi) is 6.65. The number of Topliss-reactive ketones (excluding diaryl/α,β-unsaturated/α-hetero) is 2. The van der Waals surface area contributed by atoms with Crippen LogP contribution in [0.2, 0.25) is 18.1 Å². The molecule has 1 saturated carbocycles. The number of rotatable bonds is 5. The number of ketones is 2. The molecule has 1 rings (SSSR count). The molecule has 0 amide bonds. The topological polar surface area (TPSA) is 43.4 Å². The van der Waals surface area contributed by atoms with E-state index >= 15 is 0 Å². The van der Waals surface area contributed by atoms with Gasteiger partial charge < -0.3 is 4.43 Å². The van der Waals surface area contributed by atoms with Crippen molar-refractivity contribution in [3.63, 3.8) is 0 Å². The lowest BCUT2D eigenvalue weighted by Gasteiger charge is -2.53. The number of carbonyl (C=O) groups is 2. The van der Waals surface area contributed by atoms with E-state index in [1.807, 2.05) is 20.8 Å². The summed E-state index contributed by atoms with van der Waals surface area (Å²) in [5.41, 5.74) is -1.27. The van der Waals surface area contributed by atoms with E-state index in [0.29, 0.717) is 19.3 Å². The first kappa shape index (κ1) is 21.6. The molecule has 140 valence electrons. The quantitative estimate of drug-likeness (QED) is 0.597. The predicted octanol–water partition coefficient (Wildman–Crippen LogP) is 5.68. The highest BCUT2D eigenvalue weighted by molar-refractivity contribution is 6.74. The molecule has 0 aromatic carbocycles. The van der Waals surface area contributed by atoms with Gasteiger partial charge in [-0.25, -0.2) is 0 Å². The molecule has 1 aliphatic rings. The van der Waals surface area contributed by atoms with Crippen LogP contribution in [-0.4, -0.2) is 25.5 Å². The van der Waals surface area contributed by atoms with Crippen LogP contribution in [0.15, 0.2) is 0 Å². The van der Waals surface area contributed by atoms with Gasteiger partial charge in [0.15, 0.2) is 8.32 Å². The normalized spacial score (nSPS) is 25.9. The molecule has 0 radical (unpaired) electrons. The monoisotopic (exact) mass is 354 g/mol. The highest BCUT2D eigenvalue weighted by Gasteiger charge is 2.55. The summed E-state index contributed by atoms with van der Waals surface area (Å²) in [5, 5.41) is 0.0523. The van der Waals surface area contributed by atoms with E-state index in [9.17, 15) is 9.59 Å². The second-order valence-electron chi connectivity index (χ2n) is 9.53. The van der Waals surface area contributed by atoms with Crippen molar-refractivity contribution in [2.45, 2.75) is 110 Å². The van der Waals surface area contributed by atoms with E-state index in [-0.39, 0.29) is 16.6 Å². The zero-order valence-electron chi connectivity index (χ0n) is 17.2. The number of carbonyl (C=O) groups excluding carboxylic acids is 2. The molecule has 0 bridgehead atoms. The third kappa shape index (κ3) is 4.37. The van der Waals surface area contributed by atoms with Crippen LogP contribution in [0.1, 0.15) is 86.5 Å². The Morgan fingerprint density at radius 3 is 2.25 bits per heavy atom. The smallest absolute Gasteiger partial charge is 0.192 e. The van der Waals surface area contributed by atoms with Crippen LogP contribution in [-0.2, 0) is 14.0 Å².